The minimum atomic E-state index is -1.04. The average Bonchev–Trinajstić information content (AvgIpc) is 2.18. The van der Waals surface area contributed by atoms with Crippen LogP contribution in [0.2, 0.25) is 0 Å². The standard InChI is InChI=1S/C11H11O2/c1-11(2,8-12)10(13)9-6-4-3-5-7-9/h3-7H,1-2H3. The summed E-state index contributed by atoms with van der Waals surface area (Å²) in [5.41, 5.74) is -0.489. The van der Waals surface area contributed by atoms with E-state index in [-0.39, 0.29) is 5.78 Å². The second kappa shape index (κ2) is 3.52. The molecule has 0 fully saturated rings. The number of carbonyl (C=O) groups excluding carboxylic acids is 2. The van der Waals surface area contributed by atoms with E-state index < -0.39 is 5.41 Å². The number of Topliss-reactive ketones (excluding diaryl/α,β-unsaturated/α-hetero) is 1. The number of hydrogen-bond acceptors (Lipinski definition) is 2. The zero-order chi connectivity index (χ0) is 9.90. The van der Waals surface area contributed by atoms with Crippen molar-refractivity contribution in [3.63, 3.8) is 0 Å². The lowest BCUT2D eigenvalue weighted by Gasteiger charge is -2.13. The molecule has 0 N–H and O–H groups in total. The Morgan fingerprint density at radius 2 is 1.77 bits per heavy atom. The molecule has 0 bridgehead atoms. The van der Waals surface area contributed by atoms with Crippen LogP contribution in [0, 0.1) is 5.41 Å². The first-order valence-corrected chi connectivity index (χ1v) is 4.07. The van der Waals surface area contributed by atoms with E-state index in [0.29, 0.717) is 5.56 Å². The normalized spacial score (nSPS) is 10.9. The summed E-state index contributed by atoms with van der Waals surface area (Å²) in [6.45, 7) is 3.13. The highest BCUT2D eigenvalue weighted by Crippen LogP contribution is 2.18. The quantitative estimate of drug-likeness (QED) is 0.520. The molecule has 2 heteroatoms. The van der Waals surface area contributed by atoms with Gasteiger partial charge in [0.2, 0.25) is 6.29 Å². The lowest BCUT2D eigenvalue weighted by Crippen LogP contribution is -2.25. The van der Waals surface area contributed by atoms with Crippen LogP contribution in [0.4, 0.5) is 0 Å². The highest BCUT2D eigenvalue weighted by molar-refractivity contribution is 6.08. The predicted octanol–water partition coefficient (Wildman–Crippen LogP) is 2.01. The van der Waals surface area contributed by atoms with Crippen molar-refractivity contribution in [2.45, 2.75) is 13.8 Å². The fourth-order valence-corrected chi connectivity index (χ4v) is 0.997. The molecular formula is C11H11O2. The fourth-order valence-electron chi connectivity index (χ4n) is 0.997. The van der Waals surface area contributed by atoms with Crippen LogP contribution in [-0.2, 0) is 4.79 Å². The maximum atomic E-state index is 11.6. The molecule has 1 aromatic carbocycles. The average molecular weight is 175 g/mol. The van der Waals surface area contributed by atoms with Gasteiger partial charge in [0, 0.05) is 5.56 Å². The molecule has 0 spiro atoms. The van der Waals surface area contributed by atoms with Gasteiger partial charge in [0.25, 0.3) is 0 Å². The van der Waals surface area contributed by atoms with Gasteiger partial charge in [-0.2, -0.15) is 0 Å². The Hall–Kier alpha value is -1.44. The highest BCUT2D eigenvalue weighted by Gasteiger charge is 2.28. The number of carbonyl (C=O) groups is 1. The van der Waals surface area contributed by atoms with Crippen LogP contribution < -0.4 is 0 Å². The van der Waals surface area contributed by atoms with Gasteiger partial charge >= 0.3 is 0 Å². The Labute approximate surface area is 77.6 Å². The third-order valence-corrected chi connectivity index (χ3v) is 1.86. The van der Waals surface area contributed by atoms with E-state index in [1.54, 1.807) is 44.4 Å². The molecule has 0 amide bonds. The molecule has 2 nitrogen and oxygen atoms in total. The predicted molar refractivity (Wildman–Crippen MR) is 50.2 cm³/mol. The first kappa shape index (κ1) is 9.65. The zero-order valence-electron chi connectivity index (χ0n) is 7.70. The zero-order valence-corrected chi connectivity index (χ0v) is 7.70. The second-order valence-electron chi connectivity index (χ2n) is 3.42. The minimum Gasteiger partial charge on any atom is -0.293 e. The fraction of sp³-hybridized carbons (Fsp3) is 0.273. The summed E-state index contributed by atoms with van der Waals surface area (Å²) in [6.07, 6.45) is 1.74. The molecule has 0 aliphatic rings. The van der Waals surface area contributed by atoms with Crippen molar-refractivity contribution in [1.82, 2.24) is 0 Å². The van der Waals surface area contributed by atoms with E-state index in [0.717, 1.165) is 0 Å². The van der Waals surface area contributed by atoms with E-state index in [1.807, 2.05) is 6.07 Å². The molecule has 67 valence electrons. The van der Waals surface area contributed by atoms with E-state index in [4.69, 9.17) is 0 Å². The summed E-state index contributed by atoms with van der Waals surface area (Å²) >= 11 is 0. The first-order chi connectivity index (χ1) is 6.08. The molecule has 0 atom stereocenters. The molecular weight excluding hydrogens is 164 g/mol. The van der Waals surface area contributed by atoms with E-state index in [9.17, 15) is 9.59 Å². The molecule has 0 aliphatic heterocycles. The molecule has 1 rings (SSSR count). The van der Waals surface area contributed by atoms with Crippen molar-refractivity contribution in [2.75, 3.05) is 0 Å². The Balaban J connectivity index is 2.99. The van der Waals surface area contributed by atoms with Crippen LogP contribution in [0.25, 0.3) is 0 Å². The number of rotatable bonds is 3. The van der Waals surface area contributed by atoms with E-state index in [2.05, 4.69) is 0 Å². The van der Waals surface area contributed by atoms with Gasteiger partial charge in [0.15, 0.2) is 5.78 Å². The second-order valence-corrected chi connectivity index (χ2v) is 3.42. The van der Waals surface area contributed by atoms with Crippen LogP contribution in [0.5, 0.6) is 0 Å². The van der Waals surface area contributed by atoms with Crippen molar-refractivity contribution in [3.8, 4) is 0 Å². The van der Waals surface area contributed by atoms with Gasteiger partial charge in [-0.3, -0.25) is 9.59 Å². The van der Waals surface area contributed by atoms with Crippen LogP contribution >= 0.6 is 0 Å². The van der Waals surface area contributed by atoms with E-state index in [1.165, 1.54) is 0 Å². The summed E-state index contributed by atoms with van der Waals surface area (Å²) in [5.74, 6) is -0.192. The Kier molecular flexibility index (Phi) is 2.61. The number of ketones is 1. The summed E-state index contributed by atoms with van der Waals surface area (Å²) in [4.78, 5) is 22.1. The van der Waals surface area contributed by atoms with E-state index >= 15 is 0 Å². The maximum Gasteiger partial charge on any atom is 0.212 e. The van der Waals surface area contributed by atoms with Gasteiger partial charge in [0.1, 0.15) is 0 Å². The van der Waals surface area contributed by atoms with Crippen molar-refractivity contribution in [3.05, 3.63) is 35.9 Å². The van der Waals surface area contributed by atoms with Gasteiger partial charge in [-0.1, -0.05) is 30.3 Å². The smallest absolute Gasteiger partial charge is 0.212 e. The largest absolute Gasteiger partial charge is 0.293 e. The monoisotopic (exact) mass is 175 g/mol. The summed E-state index contributed by atoms with van der Waals surface area (Å²) in [5, 5.41) is 0. The van der Waals surface area contributed by atoms with Gasteiger partial charge in [-0.25, -0.2) is 0 Å². The minimum absolute atomic E-state index is 0.192. The molecule has 0 aromatic heterocycles. The summed E-state index contributed by atoms with van der Waals surface area (Å²) in [7, 11) is 0. The topological polar surface area (TPSA) is 34.1 Å². The van der Waals surface area contributed by atoms with Gasteiger partial charge in [-0.05, 0) is 13.8 Å². The van der Waals surface area contributed by atoms with Crippen molar-refractivity contribution in [1.29, 1.82) is 0 Å². The van der Waals surface area contributed by atoms with Crippen molar-refractivity contribution >= 4 is 12.1 Å². The van der Waals surface area contributed by atoms with Crippen molar-refractivity contribution < 1.29 is 9.59 Å². The number of hydrogen-bond donors (Lipinski definition) is 0. The Morgan fingerprint density at radius 3 is 2.23 bits per heavy atom. The van der Waals surface area contributed by atoms with Gasteiger partial charge < -0.3 is 0 Å². The highest BCUT2D eigenvalue weighted by atomic mass is 16.1. The summed E-state index contributed by atoms with van der Waals surface area (Å²) < 4.78 is 0. The first-order valence-electron chi connectivity index (χ1n) is 4.07. The SMILES string of the molecule is CC(C)([C]=O)C(=O)c1ccccc1. The molecule has 1 radical (unpaired) electrons. The van der Waals surface area contributed by atoms with Crippen LogP contribution in [-0.4, -0.2) is 12.1 Å². The van der Waals surface area contributed by atoms with Gasteiger partial charge in [0.05, 0.1) is 5.41 Å². The Bertz CT molecular complexity index is 312. The van der Waals surface area contributed by atoms with Gasteiger partial charge in [-0.15, -0.1) is 0 Å². The molecule has 0 saturated heterocycles. The third-order valence-electron chi connectivity index (χ3n) is 1.86. The molecule has 0 aliphatic carbocycles. The maximum absolute atomic E-state index is 11.6. The molecule has 0 heterocycles. The molecule has 0 unspecified atom stereocenters. The van der Waals surface area contributed by atoms with Crippen molar-refractivity contribution in [2.24, 2.45) is 5.41 Å². The summed E-state index contributed by atoms with van der Waals surface area (Å²) in [6, 6.07) is 8.76. The van der Waals surface area contributed by atoms with Crippen LogP contribution in [0.3, 0.4) is 0 Å². The lowest BCUT2D eigenvalue weighted by molar-refractivity contribution is 0.0899. The molecule has 1 aromatic rings. The van der Waals surface area contributed by atoms with Crippen LogP contribution in [0.1, 0.15) is 24.2 Å². The third kappa shape index (κ3) is 2.02. The Morgan fingerprint density at radius 1 is 1.23 bits per heavy atom. The molecule has 13 heavy (non-hydrogen) atoms. The number of benzene rings is 1. The van der Waals surface area contributed by atoms with Crippen LogP contribution in [0.15, 0.2) is 30.3 Å². The molecule has 0 saturated carbocycles. The lowest BCUT2D eigenvalue weighted by atomic mass is 9.86.